The first kappa shape index (κ1) is 12.6. The Kier molecular flexibility index (Phi) is 2.95. The van der Waals surface area contributed by atoms with Crippen LogP contribution in [0, 0.1) is 5.92 Å². The third-order valence-electron chi connectivity index (χ3n) is 6.13. The Balaban J connectivity index is 1.37. The lowest BCUT2D eigenvalue weighted by Gasteiger charge is -2.55. The first-order valence-electron chi connectivity index (χ1n) is 8.36. The molecule has 4 aliphatic rings. The van der Waals surface area contributed by atoms with Gasteiger partial charge in [-0.1, -0.05) is 19.3 Å². The maximum atomic E-state index is 6.50. The zero-order valence-electron chi connectivity index (χ0n) is 12.1. The molecule has 0 radical (unpaired) electrons. The van der Waals surface area contributed by atoms with Crippen molar-refractivity contribution in [3.8, 4) is 0 Å². The highest BCUT2D eigenvalue weighted by Gasteiger charge is 2.53. The molecule has 1 spiro atoms. The predicted molar refractivity (Wildman–Crippen MR) is 76.0 cm³/mol. The van der Waals surface area contributed by atoms with E-state index in [1.807, 2.05) is 0 Å². The van der Waals surface area contributed by atoms with Gasteiger partial charge in [-0.3, -0.25) is 4.90 Å². The van der Waals surface area contributed by atoms with Gasteiger partial charge in [0.15, 0.2) is 0 Å². The molecule has 2 N–H and O–H groups in total. The lowest BCUT2D eigenvalue weighted by Crippen LogP contribution is -2.71. The molecule has 3 heteroatoms. The van der Waals surface area contributed by atoms with Crippen molar-refractivity contribution in [3.63, 3.8) is 0 Å². The molecule has 108 valence electrons. The third-order valence-corrected chi connectivity index (χ3v) is 6.13. The summed E-state index contributed by atoms with van der Waals surface area (Å²) in [5.41, 5.74) is 6.92. The van der Waals surface area contributed by atoms with Gasteiger partial charge < -0.3 is 10.5 Å². The second kappa shape index (κ2) is 4.44. The van der Waals surface area contributed by atoms with Gasteiger partial charge in [0.2, 0.25) is 0 Å². The van der Waals surface area contributed by atoms with Crippen molar-refractivity contribution >= 4 is 0 Å². The van der Waals surface area contributed by atoms with E-state index in [2.05, 4.69) is 4.90 Å². The third kappa shape index (κ3) is 2.24. The second-order valence-corrected chi connectivity index (χ2v) is 7.65. The van der Waals surface area contributed by atoms with Crippen LogP contribution in [0.4, 0.5) is 0 Å². The first-order chi connectivity index (χ1) is 9.19. The van der Waals surface area contributed by atoms with Crippen LogP contribution >= 0.6 is 0 Å². The molecule has 3 nitrogen and oxygen atoms in total. The summed E-state index contributed by atoms with van der Waals surface area (Å²) in [4.78, 5) is 2.66. The number of hydrogen-bond acceptors (Lipinski definition) is 3. The fraction of sp³-hybridized carbons (Fsp3) is 1.00. The standard InChI is InChI=1S/C16H28N2O/c17-16(13-4-5-13)11-18(12-16)14-6-9-19-15(10-14)7-2-1-3-8-15/h13-14H,1-12,17H2. The number of ether oxygens (including phenoxy) is 1. The topological polar surface area (TPSA) is 38.5 Å². The molecule has 2 aliphatic heterocycles. The van der Waals surface area contributed by atoms with Crippen molar-refractivity contribution in [1.82, 2.24) is 4.90 Å². The second-order valence-electron chi connectivity index (χ2n) is 7.65. The average Bonchev–Trinajstić information content (AvgIpc) is 3.20. The van der Waals surface area contributed by atoms with Crippen molar-refractivity contribution in [2.24, 2.45) is 11.7 Å². The summed E-state index contributed by atoms with van der Waals surface area (Å²) in [5.74, 6) is 0.840. The van der Waals surface area contributed by atoms with Crippen LogP contribution < -0.4 is 5.73 Å². The normalized spacial score (nSPS) is 38.1. The largest absolute Gasteiger partial charge is 0.375 e. The van der Waals surface area contributed by atoms with E-state index in [0.717, 1.165) is 31.7 Å². The van der Waals surface area contributed by atoms with Gasteiger partial charge in [-0.25, -0.2) is 0 Å². The van der Waals surface area contributed by atoms with Gasteiger partial charge in [-0.15, -0.1) is 0 Å². The number of nitrogens with zero attached hydrogens (tertiary/aromatic N) is 1. The van der Waals surface area contributed by atoms with Gasteiger partial charge in [0.05, 0.1) is 5.60 Å². The van der Waals surface area contributed by atoms with Crippen LogP contribution in [0.3, 0.4) is 0 Å². The molecule has 0 aromatic carbocycles. The van der Waals surface area contributed by atoms with Crippen LogP contribution in [0.2, 0.25) is 0 Å². The van der Waals surface area contributed by atoms with Crippen molar-refractivity contribution in [2.45, 2.75) is 75.0 Å². The van der Waals surface area contributed by atoms with Gasteiger partial charge in [0, 0.05) is 31.3 Å². The summed E-state index contributed by atoms with van der Waals surface area (Å²) in [6.45, 7) is 3.28. The molecule has 1 atom stereocenters. The fourth-order valence-electron chi connectivity index (χ4n) is 4.74. The van der Waals surface area contributed by atoms with Crippen LogP contribution in [0.15, 0.2) is 0 Å². The van der Waals surface area contributed by atoms with Gasteiger partial charge in [0.1, 0.15) is 0 Å². The Morgan fingerprint density at radius 1 is 1.00 bits per heavy atom. The van der Waals surface area contributed by atoms with E-state index in [9.17, 15) is 0 Å². The fourth-order valence-corrected chi connectivity index (χ4v) is 4.74. The van der Waals surface area contributed by atoms with Gasteiger partial charge in [-0.05, 0) is 44.4 Å². The van der Waals surface area contributed by atoms with E-state index in [0.29, 0.717) is 0 Å². The Bertz CT molecular complexity index is 335. The summed E-state index contributed by atoms with van der Waals surface area (Å²) in [6, 6.07) is 0.752. The lowest BCUT2D eigenvalue weighted by molar-refractivity contribution is -0.138. The van der Waals surface area contributed by atoms with E-state index in [-0.39, 0.29) is 11.1 Å². The molecular weight excluding hydrogens is 236 g/mol. The van der Waals surface area contributed by atoms with Crippen LogP contribution in [0.5, 0.6) is 0 Å². The van der Waals surface area contributed by atoms with E-state index >= 15 is 0 Å². The highest BCUT2D eigenvalue weighted by Crippen LogP contribution is 2.46. The molecule has 0 aromatic heterocycles. The van der Waals surface area contributed by atoms with Crippen molar-refractivity contribution < 1.29 is 4.74 Å². The molecule has 2 saturated heterocycles. The smallest absolute Gasteiger partial charge is 0.0697 e. The van der Waals surface area contributed by atoms with Gasteiger partial charge in [-0.2, -0.15) is 0 Å². The summed E-state index contributed by atoms with van der Waals surface area (Å²) < 4.78 is 6.21. The maximum absolute atomic E-state index is 6.50. The van der Waals surface area contributed by atoms with Crippen LogP contribution in [-0.2, 0) is 4.74 Å². The molecule has 2 aliphatic carbocycles. The van der Waals surface area contributed by atoms with Crippen LogP contribution in [0.1, 0.15) is 57.8 Å². The quantitative estimate of drug-likeness (QED) is 0.831. The molecule has 0 amide bonds. The minimum Gasteiger partial charge on any atom is -0.375 e. The average molecular weight is 264 g/mol. The molecular formula is C16H28N2O. The van der Waals surface area contributed by atoms with Gasteiger partial charge >= 0.3 is 0 Å². The van der Waals surface area contributed by atoms with Crippen molar-refractivity contribution in [3.05, 3.63) is 0 Å². The molecule has 0 bridgehead atoms. The van der Waals surface area contributed by atoms with E-state index < -0.39 is 0 Å². The predicted octanol–water partition coefficient (Wildman–Crippen LogP) is 2.29. The molecule has 4 fully saturated rings. The Labute approximate surface area is 116 Å². The molecule has 19 heavy (non-hydrogen) atoms. The monoisotopic (exact) mass is 264 g/mol. The molecule has 2 heterocycles. The summed E-state index contributed by atoms with van der Waals surface area (Å²) in [7, 11) is 0. The highest BCUT2D eigenvalue weighted by atomic mass is 16.5. The lowest BCUT2D eigenvalue weighted by atomic mass is 9.76. The Morgan fingerprint density at radius 3 is 2.42 bits per heavy atom. The first-order valence-corrected chi connectivity index (χ1v) is 8.36. The van der Waals surface area contributed by atoms with Gasteiger partial charge in [0.25, 0.3) is 0 Å². The summed E-state index contributed by atoms with van der Waals surface area (Å²) in [6.07, 6.45) is 12.0. The summed E-state index contributed by atoms with van der Waals surface area (Å²) in [5, 5.41) is 0. The minimum atomic E-state index is 0.179. The molecule has 0 aromatic rings. The number of rotatable bonds is 2. The number of likely N-dealkylation sites (tertiary alicyclic amines) is 1. The van der Waals surface area contributed by atoms with E-state index in [4.69, 9.17) is 10.5 Å². The molecule has 1 unspecified atom stereocenters. The Hall–Kier alpha value is -0.120. The number of nitrogens with two attached hydrogens (primary N) is 1. The SMILES string of the molecule is NC1(C2CC2)CN(C2CCOC3(CCCCC3)C2)C1. The molecule has 2 saturated carbocycles. The van der Waals surface area contributed by atoms with Crippen LogP contribution in [0.25, 0.3) is 0 Å². The Morgan fingerprint density at radius 2 is 1.74 bits per heavy atom. The summed E-state index contributed by atoms with van der Waals surface area (Å²) >= 11 is 0. The highest BCUT2D eigenvalue weighted by molar-refractivity contribution is 5.11. The maximum Gasteiger partial charge on any atom is 0.0697 e. The van der Waals surface area contributed by atoms with E-state index in [1.165, 1.54) is 57.8 Å². The van der Waals surface area contributed by atoms with E-state index in [1.54, 1.807) is 0 Å². The molecule has 4 rings (SSSR count). The minimum absolute atomic E-state index is 0.179. The zero-order valence-corrected chi connectivity index (χ0v) is 12.1. The van der Waals surface area contributed by atoms with Crippen molar-refractivity contribution in [1.29, 1.82) is 0 Å². The van der Waals surface area contributed by atoms with Crippen LogP contribution in [-0.4, -0.2) is 41.8 Å². The van der Waals surface area contributed by atoms with Crippen molar-refractivity contribution in [2.75, 3.05) is 19.7 Å². The number of hydrogen-bond donors (Lipinski definition) is 1. The zero-order chi connectivity index (χ0) is 12.9.